The smallest absolute Gasteiger partial charge is 0.279 e. The first-order valence-corrected chi connectivity index (χ1v) is 10.0. The molecular formula is C19H18FN3O5S. The largest absolute Gasteiger partial charge is 0.308 e. The van der Waals surface area contributed by atoms with E-state index >= 15 is 0 Å². The summed E-state index contributed by atoms with van der Waals surface area (Å²) in [6.07, 6.45) is 2.97. The van der Waals surface area contributed by atoms with E-state index in [1.54, 1.807) is 6.07 Å². The highest BCUT2D eigenvalue weighted by Crippen LogP contribution is 2.31. The molecule has 0 aromatic heterocycles. The number of benzene rings is 2. The van der Waals surface area contributed by atoms with Crippen LogP contribution in [0.4, 0.5) is 15.8 Å². The second-order valence-electron chi connectivity index (χ2n) is 6.61. The molecule has 2 aromatic carbocycles. The van der Waals surface area contributed by atoms with Crippen LogP contribution < -0.4 is 4.90 Å². The monoisotopic (exact) mass is 419 g/mol. The fourth-order valence-electron chi connectivity index (χ4n) is 3.03. The molecule has 0 saturated carbocycles. The van der Waals surface area contributed by atoms with Gasteiger partial charge in [-0.05, 0) is 42.3 Å². The number of anilines is 1. The van der Waals surface area contributed by atoms with Crippen molar-refractivity contribution in [2.45, 2.75) is 11.3 Å². The van der Waals surface area contributed by atoms with E-state index in [1.165, 1.54) is 43.3 Å². The molecule has 1 heterocycles. The van der Waals surface area contributed by atoms with Crippen LogP contribution in [-0.4, -0.2) is 44.2 Å². The Labute approximate surface area is 167 Å². The van der Waals surface area contributed by atoms with Gasteiger partial charge >= 0.3 is 0 Å². The highest BCUT2D eigenvalue weighted by molar-refractivity contribution is 7.89. The number of sulfonamides is 1. The lowest BCUT2D eigenvalue weighted by atomic mass is 10.1. The molecule has 0 N–H and O–H groups in total. The quantitative estimate of drug-likeness (QED) is 0.421. The van der Waals surface area contributed by atoms with Gasteiger partial charge in [0.15, 0.2) is 0 Å². The zero-order chi connectivity index (χ0) is 21.3. The van der Waals surface area contributed by atoms with Crippen molar-refractivity contribution in [1.82, 2.24) is 4.31 Å². The van der Waals surface area contributed by atoms with Gasteiger partial charge in [-0.15, -0.1) is 0 Å². The van der Waals surface area contributed by atoms with Crippen molar-refractivity contribution in [2.75, 3.05) is 25.5 Å². The molecule has 29 heavy (non-hydrogen) atoms. The second kappa shape index (κ2) is 7.72. The van der Waals surface area contributed by atoms with Crippen LogP contribution in [0.25, 0.3) is 6.08 Å². The molecule has 0 spiro atoms. The number of halogens is 1. The third-order valence-corrected chi connectivity index (χ3v) is 6.40. The Morgan fingerprint density at radius 2 is 1.97 bits per heavy atom. The predicted octanol–water partition coefficient (Wildman–Crippen LogP) is 2.59. The van der Waals surface area contributed by atoms with Crippen molar-refractivity contribution in [3.8, 4) is 0 Å². The number of hydrogen-bond acceptors (Lipinski definition) is 5. The molecule has 8 nitrogen and oxygen atoms in total. The summed E-state index contributed by atoms with van der Waals surface area (Å²) in [5, 5.41) is 11.1. The van der Waals surface area contributed by atoms with Crippen LogP contribution in [0, 0.1) is 15.9 Å². The average Bonchev–Trinajstić information content (AvgIpc) is 3.09. The Kier molecular flexibility index (Phi) is 5.49. The number of amides is 1. The fraction of sp³-hybridized carbons (Fsp3) is 0.211. The minimum absolute atomic E-state index is 0.0686. The summed E-state index contributed by atoms with van der Waals surface area (Å²) in [7, 11) is -0.814. The Morgan fingerprint density at radius 3 is 2.62 bits per heavy atom. The summed E-state index contributed by atoms with van der Waals surface area (Å²) in [4.78, 5) is 24.5. The van der Waals surface area contributed by atoms with Crippen LogP contribution in [0.3, 0.4) is 0 Å². The Morgan fingerprint density at radius 1 is 1.24 bits per heavy atom. The molecule has 1 aliphatic rings. The number of nitro groups is 1. The first-order chi connectivity index (χ1) is 13.6. The summed E-state index contributed by atoms with van der Waals surface area (Å²) < 4.78 is 39.1. The maximum absolute atomic E-state index is 13.3. The molecule has 0 atom stereocenters. The maximum atomic E-state index is 13.3. The average molecular weight is 419 g/mol. The first-order valence-electron chi connectivity index (χ1n) is 8.60. The van der Waals surface area contributed by atoms with Crippen molar-refractivity contribution >= 4 is 33.4 Å². The topological polar surface area (TPSA) is 101 Å². The molecule has 0 fully saturated rings. The molecule has 3 rings (SSSR count). The van der Waals surface area contributed by atoms with Gasteiger partial charge in [0.25, 0.3) is 11.6 Å². The van der Waals surface area contributed by atoms with E-state index in [1.807, 2.05) is 0 Å². The van der Waals surface area contributed by atoms with Gasteiger partial charge in [0.05, 0.1) is 21.4 Å². The number of hydrogen-bond donors (Lipinski definition) is 0. The SMILES string of the molecule is CN(C)S(=O)(=O)c1ccc2c(c1)N(C(=O)/C=C/c1ccc(F)cc1[N+](=O)[O-])CC2. The Hall–Kier alpha value is -3.11. The first kappa shape index (κ1) is 20.6. The molecule has 0 unspecified atom stereocenters. The van der Waals surface area contributed by atoms with Gasteiger partial charge in [-0.3, -0.25) is 14.9 Å². The predicted molar refractivity (Wildman–Crippen MR) is 105 cm³/mol. The van der Waals surface area contributed by atoms with Gasteiger partial charge in [-0.2, -0.15) is 0 Å². The number of carbonyl (C=O) groups excluding carboxylic acids is 1. The van der Waals surface area contributed by atoms with Gasteiger partial charge < -0.3 is 4.90 Å². The number of fused-ring (bicyclic) bond motifs is 1. The minimum Gasteiger partial charge on any atom is -0.308 e. The zero-order valence-electron chi connectivity index (χ0n) is 15.7. The summed E-state index contributed by atoms with van der Waals surface area (Å²) in [6, 6.07) is 7.70. The van der Waals surface area contributed by atoms with E-state index in [9.17, 15) is 27.7 Å². The molecule has 1 aliphatic heterocycles. The van der Waals surface area contributed by atoms with Crippen LogP contribution in [0.15, 0.2) is 47.4 Å². The summed E-state index contributed by atoms with van der Waals surface area (Å²) in [5.41, 5.74) is 0.955. The van der Waals surface area contributed by atoms with E-state index in [4.69, 9.17) is 0 Å². The van der Waals surface area contributed by atoms with E-state index in [-0.39, 0.29) is 10.5 Å². The number of nitro benzene ring substituents is 1. The van der Waals surface area contributed by atoms with Crippen LogP contribution >= 0.6 is 0 Å². The van der Waals surface area contributed by atoms with Crippen molar-refractivity contribution < 1.29 is 22.5 Å². The third-order valence-electron chi connectivity index (χ3n) is 4.59. The Balaban J connectivity index is 1.91. The van der Waals surface area contributed by atoms with Crippen LogP contribution in [0.5, 0.6) is 0 Å². The van der Waals surface area contributed by atoms with Crippen molar-refractivity contribution in [3.05, 3.63) is 69.5 Å². The minimum atomic E-state index is -3.66. The summed E-state index contributed by atoms with van der Waals surface area (Å²) in [5.74, 6) is -1.20. The van der Waals surface area contributed by atoms with E-state index in [0.29, 0.717) is 18.7 Å². The lowest BCUT2D eigenvalue weighted by molar-refractivity contribution is -0.385. The van der Waals surface area contributed by atoms with Crippen molar-refractivity contribution in [1.29, 1.82) is 0 Å². The number of rotatable bonds is 5. The number of nitrogens with zero attached hydrogens (tertiary/aromatic N) is 3. The van der Waals surface area contributed by atoms with Crippen LogP contribution in [0.2, 0.25) is 0 Å². The molecule has 2 aromatic rings. The standard InChI is InChI=1S/C19H18FN3O5S/c1-21(2)29(27,28)16-7-4-14-9-10-22(17(14)12-16)19(24)8-5-13-3-6-15(20)11-18(13)23(25)26/h3-8,11-12H,9-10H2,1-2H3/b8-5+. The Bertz CT molecular complexity index is 1130. The van der Waals surface area contributed by atoms with Gasteiger partial charge in [0.2, 0.25) is 10.0 Å². The van der Waals surface area contributed by atoms with Crippen molar-refractivity contribution in [3.63, 3.8) is 0 Å². The number of carbonyl (C=O) groups is 1. The highest BCUT2D eigenvalue weighted by Gasteiger charge is 2.27. The summed E-state index contributed by atoms with van der Waals surface area (Å²) in [6.45, 7) is 0.357. The molecule has 0 radical (unpaired) electrons. The van der Waals surface area contributed by atoms with Gasteiger partial charge in [-0.1, -0.05) is 6.07 Å². The third kappa shape index (κ3) is 4.03. The van der Waals surface area contributed by atoms with Crippen LogP contribution in [0.1, 0.15) is 11.1 Å². The molecule has 152 valence electrons. The molecule has 0 bridgehead atoms. The van der Waals surface area contributed by atoms with Gasteiger partial charge in [0.1, 0.15) is 5.82 Å². The second-order valence-corrected chi connectivity index (χ2v) is 8.76. The van der Waals surface area contributed by atoms with Crippen LogP contribution in [-0.2, 0) is 21.2 Å². The molecular weight excluding hydrogens is 401 g/mol. The summed E-state index contributed by atoms with van der Waals surface area (Å²) >= 11 is 0. The lowest BCUT2D eigenvalue weighted by Gasteiger charge is -2.17. The van der Waals surface area contributed by atoms with Crippen molar-refractivity contribution in [2.24, 2.45) is 0 Å². The molecule has 0 aliphatic carbocycles. The molecule has 10 heteroatoms. The fourth-order valence-corrected chi connectivity index (χ4v) is 3.95. The lowest BCUT2D eigenvalue weighted by Crippen LogP contribution is -2.27. The highest BCUT2D eigenvalue weighted by atomic mass is 32.2. The zero-order valence-corrected chi connectivity index (χ0v) is 16.5. The molecule has 0 saturated heterocycles. The van der Waals surface area contributed by atoms with E-state index in [2.05, 4.69) is 0 Å². The van der Waals surface area contributed by atoms with E-state index in [0.717, 1.165) is 28.1 Å². The van der Waals surface area contributed by atoms with Gasteiger partial charge in [-0.25, -0.2) is 17.1 Å². The van der Waals surface area contributed by atoms with E-state index < -0.39 is 32.4 Å². The normalized spacial score (nSPS) is 13.9. The van der Waals surface area contributed by atoms with Gasteiger partial charge in [0, 0.05) is 32.4 Å². The maximum Gasteiger partial charge on any atom is 0.279 e. The molecule has 1 amide bonds.